The Balaban J connectivity index is 2.39. The monoisotopic (exact) mass is 326 g/mol. The van der Waals surface area contributed by atoms with Gasteiger partial charge in [0.05, 0.1) is 11.2 Å². The Kier molecular flexibility index (Phi) is 4.30. The van der Waals surface area contributed by atoms with Crippen molar-refractivity contribution >= 4 is 10.0 Å². The smallest absolute Gasteiger partial charge is 0.354 e. The Hall–Kier alpha value is -2.24. The van der Waals surface area contributed by atoms with Crippen molar-refractivity contribution in [2.24, 2.45) is 0 Å². The first-order valence-corrected chi connectivity index (χ1v) is 7.66. The second-order valence-corrected chi connectivity index (χ2v) is 6.33. The summed E-state index contributed by atoms with van der Waals surface area (Å²) < 4.78 is 58.6. The molecule has 0 radical (unpaired) electrons. The predicted molar refractivity (Wildman–Crippen MR) is 73.5 cm³/mol. The van der Waals surface area contributed by atoms with Crippen molar-refractivity contribution in [3.8, 4) is 6.07 Å². The summed E-state index contributed by atoms with van der Waals surface area (Å²) in [4.78, 5) is -0.177. The highest BCUT2D eigenvalue weighted by atomic mass is 32.2. The quantitative estimate of drug-likeness (QED) is 0.916. The van der Waals surface area contributed by atoms with Crippen LogP contribution in [-0.2, 0) is 10.0 Å². The van der Waals surface area contributed by atoms with Gasteiger partial charge < -0.3 is 4.42 Å². The summed E-state index contributed by atoms with van der Waals surface area (Å²) in [6.07, 6.45) is 1.12. The van der Waals surface area contributed by atoms with Gasteiger partial charge in [-0.3, -0.25) is 0 Å². The van der Waals surface area contributed by atoms with Gasteiger partial charge in [-0.25, -0.2) is 8.42 Å². The predicted octanol–water partition coefficient (Wildman–Crippen LogP) is 2.77. The summed E-state index contributed by atoms with van der Waals surface area (Å²) in [5, 5.41) is 8.59. The number of nitriles is 1. The van der Waals surface area contributed by atoms with E-state index in [0.29, 0.717) is 0 Å². The third kappa shape index (κ3) is 3.32. The molecule has 1 unspecified atom stereocenters. The molecule has 0 amide bonds. The molecule has 0 aliphatic carbocycles. The fourth-order valence-electron chi connectivity index (χ4n) is 1.77. The van der Waals surface area contributed by atoms with E-state index in [9.17, 15) is 17.2 Å². The number of halogens is 2. The number of benzene rings is 1. The van der Waals surface area contributed by atoms with Crippen molar-refractivity contribution in [1.29, 1.82) is 5.26 Å². The van der Waals surface area contributed by atoms with E-state index in [-0.39, 0.29) is 10.7 Å². The number of hydrogen-bond donors (Lipinski definition) is 1. The number of furan rings is 1. The Bertz CT molecular complexity index is 778. The molecule has 0 aliphatic heterocycles. The summed E-state index contributed by atoms with van der Waals surface area (Å²) in [5.41, 5.74) is 0.823. The van der Waals surface area contributed by atoms with E-state index >= 15 is 0 Å². The summed E-state index contributed by atoms with van der Waals surface area (Å²) >= 11 is 0. The lowest BCUT2D eigenvalue weighted by molar-refractivity contribution is 0.0205. The lowest BCUT2D eigenvalue weighted by Crippen LogP contribution is -2.39. The van der Waals surface area contributed by atoms with Gasteiger partial charge in [0.1, 0.15) is 11.8 Å². The lowest BCUT2D eigenvalue weighted by atomic mass is 10.1. The second-order valence-electron chi connectivity index (χ2n) is 4.62. The summed E-state index contributed by atoms with van der Waals surface area (Å²) in [5.74, 6) is -4.31. The molecule has 0 saturated heterocycles. The molecule has 116 valence electrons. The molecule has 1 aromatic carbocycles. The topological polar surface area (TPSA) is 83.1 Å². The van der Waals surface area contributed by atoms with Crippen LogP contribution in [0.25, 0.3) is 0 Å². The number of aryl methyl sites for hydroxylation is 1. The van der Waals surface area contributed by atoms with E-state index in [0.717, 1.165) is 17.9 Å². The molecule has 0 spiro atoms. The molecule has 0 bridgehead atoms. The average Bonchev–Trinajstić information content (AvgIpc) is 2.99. The van der Waals surface area contributed by atoms with Crippen LogP contribution in [0.5, 0.6) is 0 Å². The van der Waals surface area contributed by atoms with Crippen molar-refractivity contribution in [3.63, 3.8) is 0 Å². The molecule has 0 aliphatic rings. The van der Waals surface area contributed by atoms with Crippen LogP contribution < -0.4 is 4.72 Å². The number of hydrogen-bond acceptors (Lipinski definition) is 4. The molecule has 0 saturated carbocycles. The zero-order chi connectivity index (χ0) is 16.4. The Morgan fingerprint density at radius 1 is 1.27 bits per heavy atom. The van der Waals surface area contributed by atoms with E-state index in [1.165, 1.54) is 24.3 Å². The molecule has 8 heteroatoms. The fraction of sp³-hybridized carbons (Fsp3) is 0.214. The van der Waals surface area contributed by atoms with Gasteiger partial charge in [0.2, 0.25) is 10.0 Å². The van der Waals surface area contributed by atoms with E-state index in [2.05, 4.69) is 0 Å². The zero-order valence-electron chi connectivity index (χ0n) is 11.5. The van der Waals surface area contributed by atoms with Crippen molar-refractivity contribution in [3.05, 3.63) is 54.0 Å². The second kappa shape index (κ2) is 5.87. The highest BCUT2D eigenvalue weighted by Gasteiger charge is 2.45. The van der Waals surface area contributed by atoms with Crippen molar-refractivity contribution in [2.75, 3.05) is 0 Å². The van der Waals surface area contributed by atoms with Crippen LogP contribution in [0.1, 0.15) is 17.4 Å². The Morgan fingerprint density at radius 2 is 1.91 bits per heavy atom. The highest BCUT2D eigenvalue weighted by molar-refractivity contribution is 7.89. The van der Waals surface area contributed by atoms with Crippen molar-refractivity contribution in [2.45, 2.75) is 23.8 Å². The number of rotatable bonds is 5. The van der Waals surface area contributed by atoms with E-state index in [1.807, 2.05) is 4.72 Å². The summed E-state index contributed by atoms with van der Waals surface area (Å²) in [6.45, 7) is 1.76. The van der Waals surface area contributed by atoms with E-state index < -0.39 is 22.0 Å². The first kappa shape index (κ1) is 16.1. The minimum Gasteiger partial charge on any atom is -0.467 e. The average molecular weight is 326 g/mol. The van der Waals surface area contributed by atoms with Gasteiger partial charge in [-0.1, -0.05) is 17.7 Å². The molecule has 1 heterocycles. The molecule has 1 aromatic heterocycles. The standard InChI is InChI=1S/C14H12F2N2O3S/c1-10-4-6-11(7-5-10)22(19,20)18-13(14(15,16)9-17)12-3-2-8-21-12/h2-8,13,18H,1H3. The SMILES string of the molecule is Cc1ccc(S(=O)(=O)NC(c2ccco2)C(F)(F)C#N)cc1. The molecule has 2 rings (SSSR count). The van der Waals surface area contributed by atoms with E-state index in [1.54, 1.807) is 19.1 Å². The van der Waals surface area contributed by atoms with Crippen LogP contribution in [0.4, 0.5) is 8.78 Å². The maximum absolute atomic E-state index is 13.7. The van der Waals surface area contributed by atoms with Crippen LogP contribution in [0.3, 0.4) is 0 Å². The molecule has 1 atom stereocenters. The third-order valence-electron chi connectivity index (χ3n) is 2.94. The van der Waals surface area contributed by atoms with Crippen LogP contribution in [-0.4, -0.2) is 14.3 Å². The van der Waals surface area contributed by atoms with Crippen LogP contribution in [0, 0.1) is 18.3 Å². The molecule has 0 fully saturated rings. The number of sulfonamides is 1. The highest BCUT2D eigenvalue weighted by Crippen LogP contribution is 2.32. The molecule has 1 N–H and O–H groups in total. The molecule has 22 heavy (non-hydrogen) atoms. The maximum Gasteiger partial charge on any atom is 0.354 e. The largest absolute Gasteiger partial charge is 0.467 e. The summed E-state index contributed by atoms with van der Waals surface area (Å²) in [6, 6.07) is 6.85. The minimum atomic E-state index is -4.24. The first-order valence-electron chi connectivity index (χ1n) is 6.18. The number of alkyl halides is 2. The molecule has 2 aromatic rings. The molecular formula is C14H12F2N2O3S. The fourth-order valence-corrected chi connectivity index (χ4v) is 2.98. The Morgan fingerprint density at radius 3 is 2.41 bits per heavy atom. The normalized spacial score (nSPS) is 13.5. The van der Waals surface area contributed by atoms with Crippen LogP contribution in [0.2, 0.25) is 0 Å². The van der Waals surface area contributed by atoms with Gasteiger partial charge >= 0.3 is 5.92 Å². The maximum atomic E-state index is 13.7. The van der Waals surface area contributed by atoms with Gasteiger partial charge in [0, 0.05) is 0 Å². The molecular weight excluding hydrogens is 314 g/mol. The summed E-state index contributed by atoms with van der Waals surface area (Å²) in [7, 11) is -4.24. The van der Waals surface area contributed by atoms with Crippen LogP contribution >= 0.6 is 0 Å². The lowest BCUT2D eigenvalue weighted by Gasteiger charge is -2.20. The van der Waals surface area contributed by atoms with Gasteiger partial charge in [-0.05, 0) is 31.2 Å². The van der Waals surface area contributed by atoms with Gasteiger partial charge in [-0.15, -0.1) is 0 Å². The van der Waals surface area contributed by atoms with Gasteiger partial charge in [0.15, 0.2) is 6.04 Å². The molecule has 5 nitrogen and oxygen atoms in total. The third-order valence-corrected chi connectivity index (χ3v) is 4.38. The van der Waals surface area contributed by atoms with Crippen LogP contribution in [0.15, 0.2) is 52.0 Å². The number of nitrogens with zero attached hydrogens (tertiary/aromatic N) is 1. The first-order chi connectivity index (χ1) is 10.3. The Labute approximate surface area is 126 Å². The zero-order valence-corrected chi connectivity index (χ0v) is 12.3. The van der Waals surface area contributed by atoms with Gasteiger partial charge in [0.25, 0.3) is 0 Å². The van der Waals surface area contributed by atoms with Gasteiger partial charge in [-0.2, -0.15) is 18.8 Å². The van der Waals surface area contributed by atoms with Crippen molar-refractivity contribution < 1.29 is 21.6 Å². The van der Waals surface area contributed by atoms with Crippen molar-refractivity contribution in [1.82, 2.24) is 4.72 Å². The number of nitrogens with one attached hydrogen (secondary N) is 1. The van der Waals surface area contributed by atoms with E-state index in [4.69, 9.17) is 9.68 Å². The minimum absolute atomic E-state index is 0.177.